The van der Waals surface area contributed by atoms with Crippen LogP contribution in [-0.2, 0) is 30.4 Å². The van der Waals surface area contributed by atoms with E-state index in [-0.39, 0.29) is 25.4 Å². The van der Waals surface area contributed by atoms with Crippen LogP contribution in [0.25, 0.3) is 10.1 Å². The Bertz CT molecular complexity index is 1050. The molecule has 30 heavy (non-hydrogen) atoms. The topological polar surface area (TPSA) is 61.8 Å². The molecule has 0 fully saturated rings. The Labute approximate surface area is 179 Å². The van der Waals surface area contributed by atoms with E-state index in [2.05, 4.69) is 0 Å². The van der Waals surface area contributed by atoms with Gasteiger partial charge >= 0.3 is 13.6 Å². The van der Waals surface area contributed by atoms with Crippen LogP contribution >= 0.6 is 18.9 Å². The van der Waals surface area contributed by atoms with Gasteiger partial charge in [-0.3, -0.25) is 4.57 Å². The van der Waals surface area contributed by atoms with E-state index in [9.17, 15) is 9.36 Å². The second kappa shape index (κ2) is 9.40. The van der Waals surface area contributed by atoms with Crippen molar-refractivity contribution >= 4 is 35.0 Å². The zero-order valence-electron chi connectivity index (χ0n) is 17.1. The fourth-order valence-electron chi connectivity index (χ4n) is 3.00. The molecule has 3 aromatic rings. The average molecular weight is 450 g/mol. The Morgan fingerprint density at radius 1 is 1.07 bits per heavy atom. The van der Waals surface area contributed by atoms with Crippen LogP contribution in [0.1, 0.15) is 41.6 Å². The highest BCUT2D eigenvalue weighted by atomic mass is 32.1. The number of ether oxygens (including phenoxy) is 1. The molecule has 0 unspecified atom stereocenters. The monoisotopic (exact) mass is 450 g/mol. The number of rotatable bonds is 9. The first kappa shape index (κ1) is 22.6. The molecule has 0 bridgehead atoms. The molecule has 0 saturated carbocycles. The van der Waals surface area contributed by atoms with Crippen LogP contribution in [0.15, 0.2) is 54.6 Å². The maximum Gasteiger partial charge on any atom is 0.371 e. The Balaban J connectivity index is 1.84. The Morgan fingerprint density at radius 2 is 1.73 bits per heavy atom. The molecule has 0 amide bonds. The molecule has 0 aliphatic rings. The van der Waals surface area contributed by atoms with E-state index in [0.717, 1.165) is 10.3 Å². The van der Waals surface area contributed by atoms with Gasteiger partial charge in [-0.1, -0.05) is 36.4 Å². The van der Waals surface area contributed by atoms with Crippen molar-refractivity contribution in [2.24, 2.45) is 0 Å². The maximum atomic E-state index is 15.6. The lowest BCUT2D eigenvalue weighted by atomic mass is 10.1. The smallest absolute Gasteiger partial charge is 0.371 e. The zero-order valence-corrected chi connectivity index (χ0v) is 18.8. The van der Waals surface area contributed by atoms with Gasteiger partial charge in [-0.15, -0.1) is 11.3 Å². The molecule has 3 rings (SSSR count). The second-order valence-electron chi connectivity index (χ2n) is 6.71. The Morgan fingerprint density at radius 3 is 2.37 bits per heavy atom. The number of hydrogen-bond donors (Lipinski definition) is 0. The fraction of sp³-hybridized carbons (Fsp3) is 0.318. The first-order chi connectivity index (χ1) is 14.3. The summed E-state index contributed by atoms with van der Waals surface area (Å²) < 4.78 is 45.2. The van der Waals surface area contributed by atoms with Crippen molar-refractivity contribution in [1.82, 2.24) is 0 Å². The molecule has 8 heteroatoms. The number of hydrogen-bond acceptors (Lipinski definition) is 6. The molecule has 0 N–H and O–H groups in total. The van der Waals surface area contributed by atoms with Gasteiger partial charge in [0.05, 0.1) is 13.2 Å². The van der Waals surface area contributed by atoms with Gasteiger partial charge in [0.2, 0.25) is 5.41 Å². The van der Waals surface area contributed by atoms with Crippen molar-refractivity contribution in [3.63, 3.8) is 0 Å². The molecule has 0 aliphatic heterocycles. The number of carbonyl (C=O) groups is 1. The molecule has 0 saturated heterocycles. The van der Waals surface area contributed by atoms with E-state index in [0.29, 0.717) is 10.3 Å². The lowest BCUT2D eigenvalue weighted by molar-refractivity contribution is 0.0478. The highest BCUT2D eigenvalue weighted by molar-refractivity contribution is 7.54. The fourth-order valence-corrected chi connectivity index (χ4v) is 5.63. The number of thiophene rings is 1. The molecule has 0 aliphatic carbocycles. The molecule has 1 aromatic heterocycles. The van der Waals surface area contributed by atoms with Gasteiger partial charge in [-0.05, 0) is 49.9 Å². The SMILES string of the molecule is CCOP(=O)(OCC)[C@@](C)(F)c1ccc2sc(C(=O)OCc3ccccc3)cc2c1. The van der Waals surface area contributed by atoms with Crippen molar-refractivity contribution < 1.29 is 27.5 Å². The van der Waals surface area contributed by atoms with Gasteiger partial charge in [0.25, 0.3) is 0 Å². The molecule has 5 nitrogen and oxygen atoms in total. The highest BCUT2D eigenvalue weighted by Gasteiger charge is 2.49. The summed E-state index contributed by atoms with van der Waals surface area (Å²) in [6.45, 7) is 4.77. The average Bonchev–Trinajstić information content (AvgIpc) is 3.16. The minimum atomic E-state index is -4.03. The molecule has 2 aromatic carbocycles. The van der Waals surface area contributed by atoms with E-state index >= 15 is 4.39 Å². The minimum absolute atomic E-state index is 0.0644. The minimum Gasteiger partial charge on any atom is -0.457 e. The third-order valence-electron chi connectivity index (χ3n) is 4.57. The molecule has 1 heterocycles. The Hall–Kier alpha value is -2.05. The van der Waals surface area contributed by atoms with Gasteiger partial charge in [0.15, 0.2) is 0 Å². The van der Waals surface area contributed by atoms with E-state index < -0.39 is 19.0 Å². The van der Waals surface area contributed by atoms with Crippen molar-refractivity contribution in [2.45, 2.75) is 32.8 Å². The number of halogens is 1. The summed E-state index contributed by atoms with van der Waals surface area (Å²) >= 11 is 1.26. The van der Waals surface area contributed by atoms with E-state index in [4.69, 9.17) is 13.8 Å². The molecule has 1 atom stereocenters. The summed E-state index contributed by atoms with van der Waals surface area (Å²) in [4.78, 5) is 12.8. The normalized spacial score (nSPS) is 13.9. The second-order valence-corrected chi connectivity index (χ2v) is 10.1. The van der Waals surface area contributed by atoms with Crippen LogP contribution in [-0.4, -0.2) is 19.2 Å². The summed E-state index contributed by atoms with van der Waals surface area (Å²) in [6.07, 6.45) is 0. The molecule has 160 valence electrons. The first-order valence-corrected chi connectivity index (χ1v) is 12.0. The number of fused-ring (bicyclic) bond motifs is 1. The van der Waals surface area contributed by atoms with Crippen LogP contribution in [0, 0.1) is 0 Å². The van der Waals surface area contributed by atoms with Crippen molar-refractivity contribution in [3.8, 4) is 0 Å². The molecule has 0 radical (unpaired) electrons. The van der Waals surface area contributed by atoms with E-state index in [1.54, 1.807) is 38.1 Å². The van der Waals surface area contributed by atoms with Gasteiger partial charge in [0.1, 0.15) is 11.5 Å². The lowest BCUT2D eigenvalue weighted by Gasteiger charge is -2.29. The zero-order chi connectivity index (χ0) is 21.8. The summed E-state index contributed by atoms with van der Waals surface area (Å²) in [5, 5.41) is -1.67. The highest BCUT2D eigenvalue weighted by Crippen LogP contribution is 2.65. The number of carbonyl (C=O) groups excluding carboxylic acids is 1. The summed E-state index contributed by atoms with van der Waals surface area (Å²) in [5.74, 6) is -0.445. The van der Waals surface area contributed by atoms with Crippen LogP contribution in [0.4, 0.5) is 4.39 Å². The molecular weight excluding hydrogens is 426 g/mol. The summed E-state index contributed by atoms with van der Waals surface area (Å²) in [5.41, 5.74) is 1.06. The lowest BCUT2D eigenvalue weighted by Crippen LogP contribution is -2.19. The van der Waals surface area contributed by atoms with Gasteiger partial charge in [-0.25, -0.2) is 9.18 Å². The quantitative estimate of drug-likeness (QED) is 0.269. The third-order valence-corrected chi connectivity index (χ3v) is 8.15. The first-order valence-electron chi connectivity index (χ1n) is 9.64. The van der Waals surface area contributed by atoms with Crippen LogP contribution in [0.3, 0.4) is 0 Å². The third kappa shape index (κ3) is 4.65. The van der Waals surface area contributed by atoms with Crippen molar-refractivity contribution in [3.05, 3.63) is 70.6 Å². The van der Waals surface area contributed by atoms with E-state index in [1.807, 2.05) is 30.3 Å². The maximum absolute atomic E-state index is 15.6. The largest absolute Gasteiger partial charge is 0.457 e. The van der Waals surface area contributed by atoms with Gasteiger partial charge < -0.3 is 13.8 Å². The molecule has 0 spiro atoms. The number of esters is 1. The molecular formula is C22H24FO5PS. The summed E-state index contributed by atoms with van der Waals surface area (Å²) in [6, 6.07) is 15.9. The van der Waals surface area contributed by atoms with Crippen LogP contribution in [0.2, 0.25) is 0 Å². The van der Waals surface area contributed by atoms with Crippen LogP contribution in [0.5, 0.6) is 0 Å². The van der Waals surface area contributed by atoms with Crippen LogP contribution < -0.4 is 0 Å². The predicted octanol–water partition coefficient (Wildman–Crippen LogP) is 6.67. The Kier molecular flexibility index (Phi) is 7.09. The number of benzene rings is 2. The van der Waals surface area contributed by atoms with Gasteiger partial charge in [0, 0.05) is 10.3 Å². The standard InChI is InChI=1S/C22H24FO5PS/c1-4-27-29(25,28-5-2)22(3,23)18-11-12-19-17(13-18)14-20(30-19)21(24)26-15-16-9-7-6-8-10-16/h6-14H,4-5,15H2,1-3H3/t22-/m1/s1. The summed E-state index contributed by atoms with van der Waals surface area (Å²) in [7, 11) is -4.03. The van der Waals surface area contributed by atoms with Crippen molar-refractivity contribution in [1.29, 1.82) is 0 Å². The van der Waals surface area contributed by atoms with Crippen molar-refractivity contribution in [2.75, 3.05) is 13.2 Å². The number of alkyl halides is 1. The van der Waals surface area contributed by atoms with Gasteiger partial charge in [-0.2, -0.15) is 0 Å². The van der Waals surface area contributed by atoms with E-state index in [1.165, 1.54) is 18.3 Å². The predicted molar refractivity (Wildman–Crippen MR) is 117 cm³/mol.